The Balaban J connectivity index is 1.90. The predicted molar refractivity (Wildman–Crippen MR) is 129 cm³/mol. The van der Waals surface area contributed by atoms with Crippen LogP contribution in [0.3, 0.4) is 0 Å². The van der Waals surface area contributed by atoms with Crippen LogP contribution in [0.5, 0.6) is 11.5 Å². The molecule has 0 bridgehead atoms. The van der Waals surface area contributed by atoms with Gasteiger partial charge < -0.3 is 14.8 Å². The summed E-state index contributed by atoms with van der Waals surface area (Å²) in [6, 6.07) is 19.1. The number of sulfonamides is 1. The number of carbonyl (C=O) groups excluding carboxylic acids is 1. The van der Waals surface area contributed by atoms with Gasteiger partial charge in [0.1, 0.15) is 18.0 Å². The Bertz CT molecular complexity index is 1220. The molecule has 0 aromatic heterocycles. The molecule has 33 heavy (non-hydrogen) atoms. The Morgan fingerprint density at radius 1 is 1.00 bits per heavy atom. The van der Waals surface area contributed by atoms with E-state index in [4.69, 9.17) is 21.1 Å². The highest BCUT2D eigenvalue weighted by atomic mass is 35.5. The van der Waals surface area contributed by atoms with Crippen molar-refractivity contribution >= 4 is 33.2 Å². The summed E-state index contributed by atoms with van der Waals surface area (Å²) in [5.41, 5.74) is 0.985. The molecule has 0 aliphatic rings. The minimum absolute atomic E-state index is 0.0697. The number of nitrogens with one attached hydrogen (secondary N) is 1. The van der Waals surface area contributed by atoms with Crippen molar-refractivity contribution in [2.45, 2.75) is 17.9 Å². The van der Waals surface area contributed by atoms with Crippen molar-refractivity contribution in [3.63, 3.8) is 0 Å². The van der Waals surface area contributed by atoms with E-state index in [9.17, 15) is 13.2 Å². The molecule has 0 radical (unpaired) electrons. The van der Waals surface area contributed by atoms with Crippen molar-refractivity contribution in [1.82, 2.24) is 5.32 Å². The van der Waals surface area contributed by atoms with E-state index in [-0.39, 0.29) is 10.6 Å². The number of rotatable bonds is 9. The molecule has 1 atom stereocenters. The van der Waals surface area contributed by atoms with Crippen LogP contribution in [0, 0.1) is 0 Å². The van der Waals surface area contributed by atoms with E-state index in [0.717, 1.165) is 4.31 Å². The maximum absolute atomic E-state index is 13.4. The maximum atomic E-state index is 13.4. The number of hydrogen-bond acceptors (Lipinski definition) is 5. The molecule has 1 amide bonds. The molecule has 0 unspecified atom stereocenters. The van der Waals surface area contributed by atoms with Gasteiger partial charge in [-0.15, -0.1) is 0 Å². The third-order valence-electron chi connectivity index (χ3n) is 5.00. The Morgan fingerprint density at radius 3 is 2.36 bits per heavy atom. The van der Waals surface area contributed by atoms with E-state index in [1.807, 2.05) is 0 Å². The van der Waals surface area contributed by atoms with Gasteiger partial charge in [-0.3, -0.25) is 9.10 Å². The Hall–Kier alpha value is -3.23. The molecule has 9 heteroatoms. The largest absolute Gasteiger partial charge is 0.497 e. The second-order valence-corrected chi connectivity index (χ2v) is 9.50. The van der Waals surface area contributed by atoms with E-state index < -0.39 is 28.5 Å². The number of benzene rings is 3. The SMILES string of the molecule is COc1ccc(OC)c([C@@H](C)NC(=O)CN(c2cccc(Cl)c2)S(=O)(=O)c2ccccc2)c1. The van der Waals surface area contributed by atoms with Crippen molar-refractivity contribution in [3.05, 3.63) is 83.4 Å². The first-order valence-corrected chi connectivity index (χ1v) is 11.9. The van der Waals surface area contributed by atoms with Crippen LogP contribution in [0.15, 0.2) is 77.7 Å². The van der Waals surface area contributed by atoms with Gasteiger partial charge in [0.05, 0.1) is 30.8 Å². The molecule has 7 nitrogen and oxygen atoms in total. The van der Waals surface area contributed by atoms with E-state index >= 15 is 0 Å². The van der Waals surface area contributed by atoms with Gasteiger partial charge in [-0.25, -0.2) is 8.42 Å². The van der Waals surface area contributed by atoms with Gasteiger partial charge in [0, 0.05) is 10.6 Å². The highest BCUT2D eigenvalue weighted by molar-refractivity contribution is 7.92. The number of anilines is 1. The number of methoxy groups -OCH3 is 2. The summed E-state index contributed by atoms with van der Waals surface area (Å²) >= 11 is 6.10. The van der Waals surface area contributed by atoms with Crippen LogP contribution in [0.2, 0.25) is 5.02 Å². The Morgan fingerprint density at radius 2 is 1.73 bits per heavy atom. The monoisotopic (exact) mass is 488 g/mol. The number of halogens is 1. The molecular formula is C24H25ClN2O5S. The Labute approximate surface area is 198 Å². The van der Waals surface area contributed by atoms with Gasteiger partial charge in [-0.05, 0) is 55.5 Å². The predicted octanol–water partition coefficient (Wildman–Crippen LogP) is 4.43. The third-order valence-corrected chi connectivity index (χ3v) is 7.02. The normalized spacial score (nSPS) is 12.0. The first kappa shape index (κ1) is 24.4. The molecule has 0 heterocycles. The lowest BCUT2D eigenvalue weighted by atomic mass is 10.1. The van der Waals surface area contributed by atoms with E-state index in [2.05, 4.69) is 5.32 Å². The number of carbonyl (C=O) groups is 1. The molecule has 1 N–H and O–H groups in total. The summed E-state index contributed by atoms with van der Waals surface area (Å²) in [6.07, 6.45) is 0. The van der Waals surface area contributed by atoms with Gasteiger partial charge in [0.25, 0.3) is 10.0 Å². The summed E-state index contributed by atoms with van der Waals surface area (Å²) < 4.78 is 38.5. The molecule has 0 saturated heterocycles. The molecule has 3 aromatic carbocycles. The minimum Gasteiger partial charge on any atom is -0.497 e. The lowest BCUT2D eigenvalue weighted by molar-refractivity contribution is -0.120. The molecule has 174 valence electrons. The minimum atomic E-state index is -4.02. The molecule has 0 spiro atoms. The first-order valence-electron chi connectivity index (χ1n) is 10.1. The van der Waals surface area contributed by atoms with E-state index in [1.165, 1.54) is 25.3 Å². The second kappa shape index (κ2) is 10.6. The van der Waals surface area contributed by atoms with Crippen LogP contribution < -0.4 is 19.1 Å². The van der Waals surface area contributed by atoms with Gasteiger partial charge in [0.15, 0.2) is 0 Å². The standard InChI is InChI=1S/C24H25ClN2O5S/c1-17(22-15-20(31-2)12-13-23(22)32-3)26-24(28)16-27(19-9-7-8-18(25)14-19)33(29,30)21-10-5-4-6-11-21/h4-15,17H,16H2,1-3H3,(H,26,28)/t17-/m1/s1. The summed E-state index contributed by atoms with van der Waals surface area (Å²) in [5, 5.41) is 3.20. The lowest BCUT2D eigenvalue weighted by Crippen LogP contribution is -2.41. The highest BCUT2D eigenvalue weighted by Crippen LogP contribution is 2.30. The average molecular weight is 489 g/mol. The van der Waals surface area contributed by atoms with Crippen LogP contribution in [0.1, 0.15) is 18.5 Å². The molecule has 3 aromatic rings. The third kappa shape index (κ3) is 5.77. The van der Waals surface area contributed by atoms with Crippen LogP contribution in [-0.4, -0.2) is 35.1 Å². The van der Waals surface area contributed by atoms with Crippen LogP contribution in [0.25, 0.3) is 0 Å². The van der Waals surface area contributed by atoms with Crippen LogP contribution >= 0.6 is 11.6 Å². The first-order chi connectivity index (χ1) is 15.8. The summed E-state index contributed by atoms with van der Waals surface area (Å²) in [4.78, 5) is 13.1. The number of amides is 1. The number of hydrogen-bond donors (Lipinski definition) is 1. The topological polar surface area (TPSA) is 84.9 Å². The molecular weight excluding hydrogens is 464 g/mol. The number of ether oxygens (including phenoxy) is 2. The van der Waals surface area contributed by atoms with Crippen molar-refractivity contribution in [2.75, 3.05) is 25.1 Å². The molecule has 0 aliphatic heterocycles. The zero-order valence-electron chi connectivity index (χ0n) is 18.5. The summed E-state index contributed by atoms with van der Waals surface area (Å²) in [6.45, 7) is 1.35. The lowest BCUT2D eigenvalue weighted by Gasteiger charge is -2.25. The highest BCUT2D eigenvalue weighted by Gasteiger charge is 2.28. The van der Waals surface area contributed by atoms with Crippen LogP contribution in [-0.2, 0) is 14.8 Å². The average Bonchev–Trinajstić information content (AvgIpc) is 2.82. The fraction of sp³-hybridized carbons (Fsp3) is 0.208. The zero-order chi connectivity index (χ0) is 24.0. The smallest absolute Gasteiger partial charge is 0.264 e. The van der Waals surface area contributed by atoms with Crippen molar-refractivity contribution < 1.29 is 22.7 Å². The van der Waals surface area contributed by atoms with Crippen molar-refractivity contribution in [1.29, 1.82) is 0 Å². The zero-order valence-corrected chi connectivity index (χ0v) is 20.1. The quantitative estimate of drug-likeness (QED) is 0.481. The molecule has 0 aliphatic carbocycles. The van der Waals surface area contributed by atoms with Crippen molar-refractivity contribution in [2.24, 2.45) is 0 Å². The van der Waals surface area contributed by atoms with Gasteiger partial charge in [-0.1, -0.05) is 35.9 Å². The second-order valence-electron chi connectivity index (χ2n) is 7.20. The Kier molecular flexibility index (Phi) is 7.84. The van der Waals surface area contributed by atoms with Crippen molar-refractivity contribution in [3.8, 4) is 11.5 Å². The van der Waals surface area contributed by atoms with Gasteiger partial charge in [-0.2, -0.15) is 0 Å². The van der Waals surface area contributed by atoms with E-state index in [0.29, 0.717) is 22.1 Å². The molecule has 0 fully saturated rings. The fourth-order valence-electron chi connectivity index (χ4n) is 3.34. The summed E-state index contributed by atoms with van der Waals surface area (Å²) in [7, 11) is -0.938. The molecule has 3 rings (SSSR count). The number of nitrogens with zero attached hydrogens (tertiary/aromatic N) is 1. The molecule has 0 saturated carbocycles. The fourth-order valence-corrected chi connectivity index (χ4v) is 4.96. The van der Waals surface area contributed by atoms with Gasteiger partial charge in [0.2, 0.25) is 5.91 Å². The van der Waals surface area contributed by atoms with Crippen LogP contribution in [0.4, 0.5) is 5.69 Å². The van der Waals surface area contributed by atoms with E-state index in [1.54, 1.807) is 68.6 Å². The maximum Gasteiger partial charge on any atom is 0.264 e. The summed E-state index contributed by atoms with van der Waals surface area (Å²) in [5.74, 6) is 0.693. The van der Waals surface area contributed by atoms with Gasteiger partial charge >= 0.3 is 0 Å².